The Hall–Kier alpha value is -2.47. The van der Waals surface area contributed by atoms with Crippen molar-refractivity contribution in [2.45, 2.75) is 43.6 Å². The van der Waals surface area contributed by atoms with Crippen LogP contribution < -0.4 is 5.32 Å². The Morgan fingerprint density at radius 3 is 2.81 bits per heavy atom. The first-order valence-corrected chi connectivity index (χ1v) is 9.76. The molecule has 2 aliphatic heterocycles. The van der Waals surface area contributed by atoms with Gasteiger partial charge in [0.05, 0.1) is 12.0 Å². The highest BCUT2D eigenvalue weighted by atomic mass is 16.4. The van der Waals surface area contributed by atoms with Crippen molar-refractivity contribution in [1.29, 1.82) is 0 Å². The zero-order valence-corrected chi connectivity index (χ0v) is 15.5. The van der Waals surface area contributed by atoms with Crippen molar-refractivity contribution in [3.8, 4) is 0 Å². The number of piperidine rings is 1. The van der Waals surface area contributed by atoms with Gasteiger partial charge in [0.2, 0.25) is 17.7 Å². The number of allylic oxidation sites excluding steroid dienone is 1. The van der Waals surface area contributed by atoms with Gasteiger partial charge >= 0.3 is 0 Å². The lowest BCUT2D eigenvalue weighted by Gasteiger charge is -2.37. The summed E-state index contributed by atoms with van der Waals surface area (Å²) < 4.78 is 6.05. The summed E-state index contributed by atoms with van der Waals surface area (Å²) in [6, 6.07) is 10.6. The van der Waals surface area contributed by atoms with Crippen molar-refractivity contribution in [3.63, 3.8) is 0 Å². The van der Waals surface area contributed by atoms with E-state index in [0.717, 1.165) is 25.8 Å². The summed E-state index contributed by atoms with van der Waals surface area (Å²) in [6.45, 7) is 5.95. The minimum atomic E-state index is 0.0489. The molecule has 0 spiro atoms. The lowest BCUT2D eigenvalue weighted by molar-refractivity contribution is -0.135. The quantitative estimate of drug-likeness (QED) is 0.795. The average molecular weight is 366 g/mol. The summed E-state index contributed by atoms with van der Waals surface area (Å²) in [5, 5.41) is 12.2. The molecule has 1 amide bonds. The fourth-order valence-electron chi connectivity index (χ4n) is 3.97. The Balaban J connectivity index is 1.42. The number of nitrogens with zero attached hydrogens (tertiary/aromatic N) is 3. The predicted octanol–water partition coefficient (Wildman–Crippen LogP) is 3.17. The van der Waals surface area contributed by atoms with Crippen LogP contribution in [0.15, 0.2) is 47.4 Å². The van der Waals surface area contributed by atoms with E-state index in [0.29, 0.717) is 37.2 Å². The molecule has 1 aromatic heterocycles. The summed E-state index contributed by atoms with van der Waals surface area (Å²) in [5.74, 6) is 1.97. The first kappa shape index (κ1) is 17.9. The minimum absolute atomic E-state index is 0.0489. The Morgan fingerprint density at radius 1 is 1.26 bits per heavy atom. The van der Waals surface area contributed by atoms with Crippen LogP contribution in [0.25, 0.3) is 0 Å². The van der Waals surface area contributed by atoms with Crippen LogP contribution in [0, 0.1) is 0 Å². The molecule has 3 heterocycles. The van der Waals surface area contributed by atoms with E-state index in [2.05, 4.69) is 46.4 Å². The van der Waals surface area contributed by atoms with Crippen molar-refractivity contribution in [2.24, 2.45) is 0 Å². The van der Waals surface area contributed by atoms with E-state index >= 15 is 0 Å². The van der Waals surface area contributed by atoms with Gasteiger partial charge in [0.25, 0.3) is 0 Å². The Kier molecular flexibility index (Phi) is 5.34. The molecule has 1 aromatic carbocycles. The van der Waals surface area contributed by atoms with E-state index in [-0.39, 0.29) is 17.9 Å². The van der Waals surface area contributed by atoms with Crippen LogP contribution in [-0.2, 0) is 4.79 Å². The molecular weight excluding hydrogens is 340 g/mol. The van der Waals surface area contributed by atoms with Gasteiger partial charge in [-0.1, -0.05) is 36.4 Å². The molecule has 4 rings (SSSR count). The highest BCUT2D eigenvalue weighted by Crippen LogP contribution is 2.37. The number of hydrogen-bond acceptors (Lipinski definition) is 5. The molecule has 142 valence electrons. The van der Waals surface area contributed by atoms with Crippen LogP contribution in [0.1, 0.15) is 60.9 Å². The number of benzene rings is 1. The van der Waals surface area contributed by atoms with Crippen LogP contribution >= 0.6 is 0 Å². The third kappa shape index (κ3) is 3.81. The minimum Gasteiger partial charge on any atom is -0.423 e. The van der Waals surface area contributed by atoms with Gasteiger partial charge in [0.1, 0.15) is 0 Å². The van der Waals surface area contributed by atoms with Gasteiger partial charge in [-0.3, -0.25) is 4.79 Å². The van der Waals surface area contributed by atoms with E-state index in [1.165, 1.54) is 5.56 Å². The van der Waals surface area contributed by atoms with Crippen molar-refractivity contribution < 1.29 is 9.21 Å². The lowest BCUT2D eigenvalue weighted by Crippen LogP contribution is -2.48. The summed E-state index contributed by atoms with van der Waals surface area (Å²) >= 11 is 0. The molecule has 2 aromatic rings. The van der Waals surface area contributed by atoms with E-state index in [1.807, 2.05) is 11.0 Å². The highest BCUT2D eigenvalue weighted by molar-refractivity contribution is 5.77. The molecule has 0 bridgehead atoms. The molecule has 6 nitrogen and oxygen atoms in total. The monoisotopic (exact) mass is 366 g/mol. The maximum Gasteiger partial charge on any atom is 0.234 e. The summed E-state index contributed by atoms with van der Waals surface area (Å²) in [6.07, 6.45) is 5.27. The first-order valence-electron chi connectivity index (χ1n) is 9.76. The van der Waals surface area contributed by atoms with Crippen molar-refractivity contribution >= 4 is 5.91 Å². The van der Waals surface area contributed by atoms with E-state index < -0.39 is 0 Å². The van der Waals surface area contributed by atoms with Gasteiger partial charge in [-0.15, -0.1) is 16.8 Å². The standard InChI is InChI=1S/C21H26N4O2/c1-2-3-11-18(26)25-13-16(14-25)20-23-24-21(27-20)19-17(10-7-12-22-19)15-8-5-4-6-9-15/h2,4-6,8-9,16-17,19,22H,1,3,7,10-14H2/t17-,19-/m0/s1. The maximum absolute atomic E-state index is 12.0. The highest BCUT2D eigenvalue weighted by Gasteiger charge is 2.37. The zero-order chi connectivity index (χ0) is 18.6. The number of nitrogens with one attached hydrogen (secondary N) is 1. The molecule has 0 radical (unpaired) electrons. The van der Waals surface area contributed by atoms with Crippen molar-refractivity contribution in [2.75, 3.05) is 19.6 Å². The van der Waals surface area contributed by atoms with Crippen LogP contribution in [0.4, 0.5) is 0 Å². The average Bonchev–Trinajstić information content (AvgIpc) is 3.15. The SMILES string of the molecule is C=CCCC(=O)N1CC(c2nnc([C@H]3NCCC[C@H]3c3ccccc3)o2)C1. The van der Waals surface area contributed by atoms with Crippen molar-refractivity contribution in [1.82, 2.24) is 20.4 Å². The number of rotatable bonds is 6. The summed E-state index contributed by atoms with van der Waals surface area (Å²) in [5.41, 5.74) is 1.30. The molecule has 27 heavy (non-hydrogen) atoms. The smallest absolute Gasteiger partial charge is 0.234 e. The number of carbonyl (C=O) groups is 1. The van der Waals surface area contributed by atoms with Crippen LogP contribution in [0.2, 0.25) is 0 Å². The fraction of sp³-hybridized carbons (Fsp3) is 0.476. The van der Waals surface area contributed by atoms with Gasteiger partial charge in [0, 0.05) is 25.4 Å². The molecule has 1 N–H and O–H groups in total. The van der Waals surface area contributed by atoms with Crippen LogP contribution in [0.5, 0.6) is 0 Å². The Morgan fingerprint density at radius 2 is 2.04 bits per heavy atom. The van der Waals surface area contributed by atoms with Gasteiger partial charge < -0.3 is 14.6 Å². The predicted molar refractivity (Wildman–Crippen MR) is 102 cm³/mol. The second-order valence-electron chi connectivity index (χ2n) is 7.39. The number of likely N-dealkylation sites (tertiary alicyclic amines) is 1. The summed E-state index contributed by atoms with van der Waals surface area (Å²) in [7, 11) is 0. The van der Waals surface area contributed by atoms with E-state index in [9.17, 15) is 4.79 Å². The molecule has 2 saturated heterocycles. The molecule has 2 fully saturated rings. The second-order valence-corrected chi connectivity index (χ2v) is 7.39. The molecule has 0 aliphatic carbocycles. The molecular formula is C21H26N4O2. The number of aromatic nitrogens is 2. The van der Waals surface area contributed by atoms with E-state index in [1.54, 1.807) is 6.08 Å². The first-order chi connectivity index (χ1) is 13.3. The number of amides is 1. The van der Waals surface area contributed by atoms with Crippen molar-refractivity contribution in [3.05, 3.63) is 60.3 Å². The Labute approximate surface area is 159 Å². The third-order valence-electron chi connectivity index (χ3n) is 5.55. The number of carbonyl (C=O) groups excluding carboxylic acids is 1. The van der Waals surface area contributed by atoms with Gasteiger partial charge in [-0.05, 0) is 31.4 Å². The molecule has 6 heteroatoms. The van der Waals surface area contributed by atoms with Crippen LogP contribution in [-0.4, -0.2) is 40.6 Å². The van der Waals surface area contributed by atoms with Gasteiger partial charge in [-0.25, -0.2) is 0 Å². The zero-order valence-electron chi connectivity index (χ0n) is 15.5. The van der Waals surface area contributed by atoms with Crippen LogP contribution in [0.3, 0.4) is 0 Å². The van der Waals surface area contributed by atoms with E-state index in [4.69, 9.17) is 4.42 Å². The number of hydrogen-bond donors (Lipinski definition) is 1. The molecule has 2 atom stereocenters. The maximum atomic E-state index is 12.0. The normalized spacial score (nSPS) is 23.0. The molecule has 2 aliphatic rings. The second kappa shape index (κ2) is 8.05. The third-order valence-corrected chi connectivity index (χ3v) is 5.55. The fourth-order valence-corrected chi connectivity index (χ4v) is 3.97. The summed E-state index contributed by atoms with van der Waals surface area (Å²) in [4.78, 5) is 13.9. The largest absolute Gasteiger partial charge is 0.423 e. The van der Waals surface area contributed by atoms with Gasteiger partial charge in [0.15, 0.2) is 0 Å². The Bertz CT molecular complexity index is 782. The molecule has 0 unspecified atom stereocenters. The topological polar surface area (TPSA) is 71.3 Å². The van der Waals surface area contributed by atoms with Gasteiger partial charge in [-0.2, -0.15) is 0 Å². The molecule has 0 saturated carbocycles. The lowest BCUT2D eigenvalue weighted by atomic mass is 9.85.